The van der Waals surface area contributed by atoms with E-state index < -0.39 is 0 Å². The van der Waals surface area contributed by atoms with Gasteiger partial charge in [0.15, 0.2) is 0 Å². The molecule has 0 heterocycles. The van der Waals surface area contributed by atoms with Crippen molar-refractivity contribution in [1.29, 1.82) is 0 Å². The van der Waals surface area contributed by atoms with Crippen LogP contribution in [0.25, 0.3) is 0 Å². The van der Waals surface area contributed by atoms with Gasteiger partial charge in [-0.1, -0.05) is 19.1 Å². The lowest BCUT2D eigenvalue weighted by molar-refractivity contribution is -0.120. The molecule has 0 aliphatic heterocycles. The minimum Gasteiger partial charge on any atom is -0.493 e. The number of hydrogen-bond donors (Lipinski definition) is 2. The molecule has 0 aliphatic rings. The molecular weight excluding hydrogens is 240 g/mol. The van der Waals surface area contributed by atoms with Gasteiger partial charge in [0.25, 0.3) is 0 Å². The third kappa shape index (κ3) is 4.24. The molecule has 3 N–H and O–H groups in total. The molecule has 4 nitrogen and oxygen atoms in total. The number of nitrogens with two attached hydrogens (primary N) is 1. The van der Waals surface area contributed by atoms with Crippen LogP contribution < -0.4 is 15.8 Å². The molecule has 0 saturated heterocycles. The van der Waals surface area contributed by atoms with Crippen molar-refractivity contribution in [2.75, 3.05) is 13.2 Å². The van der Waals surface area contributed by atoms with Crippen LogP contribution in [0.2, 0.25) is 0 Å². The van der Waals surface area contributed by atoms with Gasteiger partial charge in [0.2, 0.25) is 5.91 Å². The number of carbonyl (C=O) groups excluding carboxylic acids is 1. The number of nitrogens with one attached hydrogen (secondary N) is 1. The Bertz CT molecular complexity index is 444. The highest BCUT2D eigenvalue weighted by atomic mass is 16.5. The molecular formula is C15H24N2O2. The van der Waals surface area contributed by atoms with E-state index in [0.29, 0.717) is 13.0 Å². The van der Waals surface area contributed by atoms with Crippen LogP contribution in [0.3, 0.4) is 0 Å². The van der Waals surface area contributed by atoms with Crippen molar-refractivity contribution in [3.8, 4) is 5.75 Å². The zero-order valence-corrected chi connectivity index (χ0v) is 12.2. The van der Waals surface area contributed by atoms with Crippen LogP contribution in [0, 0.1) is 20.8 Å². The number of carbonyl (C=O) groups is 1. The monoisotopic (exact) mass is 264 g/mol. The summed E-state index contributed by atoms with van der Waals surface area (Å²) < 4.78 is 5.83. The Morgan fingerprint density at radius 3 is 2.53 bits per heavy atom. The van der Waals surface area contributed by atoms with Crippen LogP contribution in [0.1, 0.15) is 30.0 Å². The molecule has 0 spiro atoms. The average molecular weight is 264 g/mol. The summed E-state index contributed by atoms with van der Waals surface area (Å²) in [6.07, 6.45) is 0.579. The SMILES string of the molecule is CCNC(CCOc1c(C)ccc(C)c1C)C(N)=O. The quantitative estimate of drug-likeness (QED) is 0.790. The Kier molecular flexibility index (Phi) is 5.83. The van der Waals surface area contributed by atoms with Crippen molar-refractivity contribution in [3.63, 3.8) is 0 Å². The van der Waals surface area contributed by atoms with E-state index >= 15 is 0 Å². The van der Waals surface area contributed by atoms with Crippen molar-refractivity contribution >= 4 is 5.91 Å². The van der Waals surface area contributed by atoms with Crippen LogP contribution >= 0.6 is 0 Å². The van der Waals surface area contributed by atoms with Crippen molar-refractivity contribution in [1.82, 2.24) is 5.32 Å². The number of rotatable bonds is 7. The summed E-state index contributed by atoms with van der Waals surface area (Å²) in [5.74, 6) is 0.586. The van der Waals surface area contributed by atoms with E-state index in [1.807, 2.05) is 26.8 Å². The summed E-state index contributed by atoms with van der Waals surface area (Å²) in [4.78, 5) is 11.2. The molecule has 1 rings (SSSR count). The molecule has 1 unspecified atom stereocenters. The smallest absolute Gasteiger partial charge is 0.234 e. The van der Waals surface area contributed by atoms with E-state index in [9.17, 15) is 4.79 Å². The van der Waals surface area contributed by atoms with Gasteiger partial charge >= 0.3 is 0 Å². The lowest BCUT2D eigenvalue weighted by Crippen LogP contribution is -2.42. The molecule has 1 aromatic rings. The fourth-order valence-corrected chi connectivity index (χ4v) is 2.02. The Morgan fingerprint density at radius 1 is 1.32 bits per heavy atom. The molecule has 1 amide bonds. The van der Waals surface area contributed by atoms with Crippen LogP contribution in [0.5, 0.6) is 5.75 Å². The van der Waals surface area contributed by atoms with Crippen LogP contribution in [-0.4, -0.2) is 25.1 Å². The lowest BCUT2D eigenvalue weighted by Gasteiger charge is -2.17. The fraction of sp³-hybridized carbons (Fsp3) is 0.533. The van der Waals surface area contributed by atoms with Crippen LogP contribution in [0.15, 0.2) is 12.1 Å². The minimum absolute atomic E-state index is 0.324. The fourth-order valence-electron chi connectivity index (χ4n) is 2.02. The minimum atomic E-state index is -0.330. The third-order valence-corrected chi connectivity index (χ3v) is 3.32. The van der Waals surface area contributed by atoms with E-state index in [-0.39, 0.29) is 11.9 Å². The van der Waals surface area contributed by atoms with Gasteiger partial charge in [0, 0.05) is 6.42 Å². The zero-order valence-electron chi connectivity index (χ0n) is 12.2. The number of hydrogen-bond acceptors (Lipinski definition) is 3. The van der Waals surface area contributed by atoms with Crippen molar-refractivity contribution in [2.24, 2.45) is 5.73 Å². The predicted molar refractivity (Wildman–Crippen MR) is 77.4 cm³/mol. The van der Waals surface area contributed by atoms with Gasteiger partial charge < -0.3 is 15.8 Å². The molecule has 0 aliphatic carbocycles. The van der Waals surface area contributed by atoms with E-state index in [1.165, 1.54) is 5.56 Å². The van der Waals surface area contributed by atoms with Gasteiger partial charge in [-0.2, -0.15) is 0 Å². The van der Waals surface area contributed by atoms with Gasteiger partial charge in [-0.3, -0.25) is 4.79 Å². The van der Waals surface area contributed by atoms with E-state index in [1.54, 1.807) is 0 Å². The maximum Gasteiger partial charge on any atom is 0.234 e. The highest BCUT2D eigenvalue weighted by Gasteiger charge is 2.14. The van der Waals surface area contributed by atoms with Gasteiger partial charge in [0.1, 0.15) is 5.75 Å². The number of benzene rings is 1. The van der Waals surface area contributed by atoms with Gasteiger partial charge in [-0.15, -0.1) is 0 Å². The Hall–Kier alpha value is -1.55. The summed E-state index contributed by atoms with van der Waals surface area (Å²) in [6.45, 7) is 9.28. The highest BCUT2D eigenvalue weighted by molar-refractivity contribution is 5.79. The first-order valence-corrected chi connectivity index (χ1v) is 6.69. The molecule has 1 aromatic carbocycles. The maximum absolute atomic E-state index is 11.2. The number of primary amides is 1. The first kappa shape index (κ1) is 15.5. The maximum atomic E-state index is 11.2. The lowest BCUT2D eigenvalue weighted by atomic mass is 10.1. The normalized spacial score (nSPS) is 12.2. The first-order chi connectivity index (χ1) is 8.97. The zero-order chi connectivity index (χ0) is 14.4. The van der Waals surface area contributed by atoms with Gasteiger partial charge in [-0.25, -0.2) is 0 Å². The van der Waals surface area contributed by atoms with E-state index in [2.05, 4.69) is 18.3 Å². The number of likely N-dealkylation sites (N-methyl/N-ethyl adjacent to an activating group) is 1. The largest absolute Gasteiger partial charge is 0.493 e. The van der Waals surface area contributed by atoms with Gasteiger partial charge in [0.05, 0.1) is 12.6 Å². The molecule has 19 heavy (non-hydrogen) atoms. The molecule has 0 saturated carbocycles. The third-order valence-electron chi connectivity index (χ3n) is 3.32. The Balaban J connectivity index is 2.62. The summed E-state index contributed by atoms with van der Waals surface area (Å²) >= 11 is 0. The summed E-state index contributed by atoms with van der Waals surface area (Å²) in [7, 11) is 0. The number of amides is 1. The summed E-state index contributed by atoms with van der Waals surface area (Å²) in [5.41, 5.74) is 8.80. The average Bonchev–Trinajstić information content (AvgIpc) is 2.36. The second-order valence-corrected chi connectivity index (χ2v) is 4.80. The first-order valence-electron chi connectivity index (χ1n) is 6.69. The van der Waals surface area contributed by atoms with E-state index in [4.69, 9.17) is 10.5 Å². The van der Waals surface area contributed by atoms with Crippen molar-refractivity contribution in [3.05, 3.63) is 28.8 Å². The molecule has 1 atom stereocenters. The predicted octanol–water partition coefficient (Wildman–Crippen LogP) is 1.84. The molecule has 0 radical (unpaired) electrons. The number of ether oxygens (including phenoxy) is 1. The van der Waals surface area contributed by atoms with Crippen LogP contribution in [-0.2, 0) is 4.79 Å². The van der Waals surface area contributed by atoms with E-state index in [0.717, 1.165) is 23.4 Å². The topological polar surface area (TPSA) is 64.3 Å². The molecule has 4 heteroatoms. The molecule has 0 fully saturated rings. The standard InChI is InChI=1S/C15H24N2O2/c1-5-17-13(15(16)18)8-9-19-14-11(3)7-6-10(2)12(14)4/h6-7,13,17H,5,8-9H2,1-4H3,(H2,16,18). The summed E-state index contributed by atoms with van der Waals surface area (Å²) in [5, 5.41) is 3.05. The second kappa shape index (κ2) is 7.14. The van der Waals surface area contributed by atoms with Gasteiger partial charge in [-0.05, 0) is 44.0 Å². The summed E-state index contributed by atoms with van der Waals surface area (Å²) in [6, 6.07) is 3.81. The van der Waals surface area contributed by atoms with Crippen LogP contribution in [0.4, 0.5) is 0 Å². The highest BCUT2D eigenvalue weighted by Crippen LogP contribution is 2.25. The molecule has 0 bridgehead atoms. The van der Waals surface area contributed by atoms with Crippen molar-refractivity contribution in [2.45, 2.75) is 40.2 Å². The Morgan fingerprint density at radius 2 is 1.95 bits per heavy atom. The Labute approximate surface area is 115 Å². The van der Waals surface area contributed by atoms with Crippen molar-refractivity contribution < 1.29 is 9.53 Å². The molecule has 106 valence electrons. The second-order valence-electron chi connectivity index (χ2n) is 4.80. The number of aryl methyl sites for hydroxylation is 2. The molecule has 0 aromatic heterocycles.